The Hall–Kier alpha value is -18.7. The number of nitrogens with zero attached hydrogens (tertiary/aromatic N) is 9. The molecule has 0 N–H and O–H groups in total. The molecule has 0 atom stereocenters. The van der Waals surface area contributed by atoms with E-state index in [-0.39, 0.29) is 0 Å². The van der Waals surface area contributed by atoms with Gasteiger partial charge in [0, 0.05) is 93.3 Å². The van der Waals surface area contributed by atoms with Crippen LogP contribution in [0.25, 0.3) is 260 Å². The molecule has 0 saturated carbocycles. The highest BCUT2D eigenvalue weighted by molar-refractivity contribution is 6.24. The smallest absolute Gasteiger partial charge is 0.227 e. The molecule has 0 bridgehead atoms. The zero-order chi connectivity index (χ0) is 89.1. The minimum absolute atomic E-state index is 0.597. The van der Waals surface area contributed by atoms with Crippen LogP contribution in [-0.4, -0.2) is 34.9 Å². The van der Waals surface area contributed by atoms with E-state index in [1.807, 2.05) is 140 Å². The number of rotatable bonds is 12. The predicted octanol–water partition coefficient (Wildman–Crippen LogP) is 32.3. The van der Waals surface area contributed by atoms with E-state index in [0.29, 0.717) is 34.8 Å². The lowest BCUT2D eigenvalue weighted by Gasteiger charge is -2.12. The molecule has 624 valence electrons. The largest absolute Gasteiger partial charge is 0.436 e. The third-order valence-corrected chi connectivity index (χ3v) is 25.0. The summed E-state index contributed by atoms with van der Waals surface area (Å²) in [5.41, 5.74) is 27.4. The summed E-state index contributed by atoms with van der Waals surface area (Å²) in [5, 5.41) is 24.9. The van der Waals surface area contributed by atoms with Crippen LogP contribution in [0.1, 0.15) is 5.56 Å². The van der Waals surface area contributed by atoms with Crippen LogP contribution in [0.5, 0.6) is 0 Å². The molecule has 0 radical (unpaired) electrons. The van der Waals surface area contributed by atoms with Crippen molar-refractivity contribution >= 4 is 125 Å². The first-order chi connectivity index (χ1) is 66.2. The average Bonchev–Trinajstić information content (AvgIpc) is 1.61. The summed E-state index contributed by atoms with van der Waals surface area (Å²) in [5.74, 6) is 2.41. The molecule has 0 amide bonds. The topological polar surface area (TPSA) is 171 Å². The fraction of sp³-hybridized carbons (Fsp3) is 0. The zero-order valence-corrected chi connectivity index (χ0v) is 71.6. The third kappa shape index (κ3) is 14.7. The minimum Gasteiger partial charge on any atom is -0.436 e. The van der Waals surface area contributed by atoms with Gasteiger partial charge in [-0.1, -0.05) is 322 Å². The SMILES string of the molecule is [C-]#[N+]c1cccc(-c2ccc(-c3nc(-c4ccc(-c5cccc(C#N)c5)cc4)cc4ccccc34)cc2)c1.c1ccc2c(-c3ccc(-c4nc5c6ccccc6c6ccccc6c5o4)cc3)nc(-c3ccc(-c4nc5c6ccccc6c6ccccc6c5o4)cc3)cc2c1.c1ccc2c(-c3ccc(-c4nc5ccccc5o4)cc3)nc(-c3ccc(-c4nc5ccccc5o4)cc3)cc2c1. The van der Waals surface area contributed by atoms with Gasteiger partial charge < -0.3 is 17.7 Å². The maximum Gasteiger partial charge on any atom is 0.227 e. The summed E-state index contributed by atoms with van der Waals surface area (Å²) in [6.45, 7) is 7.29. The Morgan fingerprint density at radius 2 is 0.507 bits per heavy atom. The number of hydrogen-bond donors (Lipinski definition) is 0. The molecule has 0 saturated heterocycles. The number of fused-ring (bicyclic) bond motifs is 17. The van der Waals surface area contributed by atoms with Crippen molar-refractivity contribution in [3.05, 3.63) is 448 Å². The molecule has 0 aliphatic rings. The lowest BCUT2D eigenvalue weighted by molar-refractivity contribution is 0.619. The lowest BCUT2D eigenvalue weighted by atomic mass is 9.97. The van der Waals surface area contributed by atoms with Gasteiger partial charge in [0.05, 0.1) is 52.4 Å². The molecule has 7 aromatic heterocycles. The Bertz CT molecular complexity index is 8990. The number of nitriles is 1. The third-order valence-electron chi connectivity index (χ3n) is 25.0. The standard InChI is InChI=1S/C51H29N3O2.C35H21N3O2.C35H21N3/c1-2-12-35-34(11-1)29-44(30-21-25-32(26-22-30)50-53-46-40-17-7-3-13-36(40)38-15-5-9-19-42(38)48(46)55-50)52-45(35)31-23-27-33(28-24-31)51-54-47-41-18-8-4-14-37(41)39-16-6-10-20-43(39)49(47)56-51;1-2-8-27-26(7-1)21-30(22-13-17-24(18-14-22)34-37-28-9-3-5-11-31(28)39-34)36-33(27)23-15-19-25(20-16-23)35-38-29-10-4-6-12-32(29)40-35;1-37-32-10-5-9-30(21-32)26-14-18-28(19-15-26)35-33-11-3-2-7-31(33)22-34(38-35)27-16-12-25(13-17-27)29-8-4-6-24(20-29)23-36/h1-29H;1-21H;2-22H. The van der Waals surface area contributed by atoms with Crippen LogP contribution < -0.4 is 0 Å². The normalized spacial score (nSPS) is 11.4. The first kappa shape index (κ1) is 78.8. The maximum absolute atomic E-state index is 9.23. The van der Waals surface area contributed by atoms with Crippen LogP contribution in [0.3, 0.4) is 0 Å². The minimum atomic E-state index is 0.597. The molecule has 0 aliphatic heterocycles. The predicted molar refractivity (Wildman–Crippen MR) is 542 cm³/mol. The number of para-hydroxylation sites is 4. The Labute approximate surface area is 767 Å². The van der Waals surface area contributed by atoms with Crippen LogP contribution in [0, 0.1) is 17.9 Å². The van der Waals surface area contributed by atoms with E-state index in [2.05, 4.69) is 312 Å². The molecule has 19 aromatic carbocycles. The number of pyridine rings is 3. The van der Waals surface area contributed by atoms with Gasteiger partial charge in [-0.3, -0.25) is 0 Å². The molecule has 0 spiro atoms. The second-order valence-electron chi connectivity index (χ2n) is 33.1. The Morgan fingerprint density at radius 3 is 0.873 bits per heavy atom. The van der Waals surface area contributed by atoms with E-state index in [0.717, 1.165) is 221 Å². The monoisotopic (exact) mass is 1710 g/mol. The molecule has 0 fully saturated rings. The van der Waals surface area contributed by atoms with Gasteiger partial charge in [0.25, 0.3) is 0 Å². The van der Waals surface area contributed by atoms with E-state index in [1.54, 1.807) is 0 Å². The molecule has 134 heavy (non-hydrogen) atoms. The molecule has 0 unspecified atom stereocenters. The van der Waals surface area contributed by atoms with Gasteiger partial charge in [0.1, 0.15) is 22.1 Å². The number of oxazole rings is 4. The number of hydrogen-bond acceptors (Lipinski definition) is 12. The van der Waals surface area contributed by atoms with Crippen molar-refractivity contribution in [1.29, 1.82) is 5.26 Å². The van der Waals surface area contributed by atoms with Crippen molar-refractivity contribution in [3.63, 3.8) is 0 Å². The summed E-state index contributed by atoms with van der Waals surface area (Å²) >= 11 is 0. The van der Waals surface area contributed by atoms with Crippen molar-refractivity contribution in [2.45, 2.75) is 0 Å². The van der Waals surface area contributed by atoms with Crippen LogP contribution in [0.4, 0.5) is 5.69 Å². The summed E-state index contributed by atoms with van der Waals surface area (Å²) < 4.78 is 25.0. The number of aromatic nitrogens is 7. The molecule has 0 aliphatic carbocycles. The second-order valence-corrected chi connectivity index (χ2v) is 33.1. The maximum atomic E-state index is 9.23. The van der Waals surface area contributed by atoms with Gasteiger partial charge in [0.2, 0.25) is 23.6 Å². The van der Waals surface area contributed by atoms with Gasteiger partial charge in [-0.2, -0.15) is 5.26 Å². The Morgan fingerprint density at radius 1 is 0.216 bits per heavy atom. The Balaban J connectivity index is 0.000000113. The van der Waals surface area contributed by atoms with Gasteiger partial charge in [-0.15, -0.1) is 0 Å². The summed E-state index contributed by atoms with van der Waals surface area (Å²) in [7, 11) is 0. The van der Waals surface area contributed by atoms with Crippen LogP contribution >= 0.6 is 0 Å². The lowest BCUT2D eigenvalue weighted by Crippen LogP contribution is -1.91. The van der Waals surface area contributed by atoms with Gasteiger partial charge in [-0.05, 0) is 169 Å². The Kier molecular flexibility index (Phi) is 19.7. The van der Waals surface area contributed by atoms with E-state index in [4.69, 9.17) is 49.2 Å². The molecular formula is C121H71N9O4. The van der Waals surface area contributed by atoms with Crippen molar-refractivity contribution in [1.82, 2.24) is 34.9 Å². The fourth-order valence-electron chi connectivity index (χ4n) is 18.3. The number of benzene rings is 19. The quantitative estimate of drug-likeness (QED) is 0.0839. The van der Waals surface area contributed by atoms with E-state index in [1.165, 1.54) is 10.8 Å². The van der Waals surface area contributed by atoms with Crippen molar-refractivity contribution < 1.29 is 17.7 Å². The van der Waals surface area contributed by atoms with Gasteiger partial charge in [-0.25, -0.2) is 39.7 Å². The first-order valence-electron chi connectivity index (χ1n) is 44.2. The van der Waals surface area contributed by atoms with Crippen molar-refractivity contribution in [2.75, 3.05) is 0 Å². The van der Waals surface area contributed by atoms with Gasteiger partial charge in [0.15, 0.2) is 28.0 Å². The van der Waals surface area contributed by atoms with Crippen molar-refractivity contribution in [2.24, 2.45) is 0 Å². The molecule has 13 heteroatoms. The highest BCUT2D eigenvalue weighted by Gasteiger charge is 2.23. The van der Waals surface area contributed by atoms with E-state index >= 15 is 0 Å². The molecule has 26 aromatic rings. The zero-order valence-electron chi connectivity index (χ0n) is 71.6. The van der Waals surface area contributed by atoms with E-state index in [9.17, 15) is 5.26 Å². The van der Waals surface area contributed by atoms with Crippen LogP contribution in [0.2, 0.25) is 0 Å². The highest BCUT2D eigenvalue weighted by Crippen LogP contribution is 2.44. The summed E-state index contributed by atoms with van der Waals surface area (Å²) in [4.78, 5) is 38.4. The first-order valence-corrected chi connectivity index (χ1v) is 44.2. The molecule has 7 heterocycles. The fourth-order valence-corrected chi connectivity index (χ4v) is 18.3. The van der Waals surface area contributed by atoms with Crippen LogP contribution in [0.15, 0.2) is 448 Å². The molecular weight excluding hydrogens is 1640 g/mol. The summed E-state index contributed by atoms with van der Waals surface area (Å²) in [6, 6.07) is 148. The molecule has 26 rings (SSSR count). The average molecular weight is 1710 g/mol. The second kappa shape index (κ2) is 33.5. The molecule has 13 nitrogen and oxygen atoms in total. The van der Waals surface area contributed by atoms with Crippen molar-refractivity contribution in [3.8, 4) is 142 Å². The van der Waals surface area contributed by atoms with Crippen LogP contribution in [-0.2, 0) is 0 Å². The summed E-state index contributed by atoms with van der Waals surface area (Å²) in [6.07, 6.45) is 0. The van der Waals surface area contributed by atoms with Gasteiger partial charge >= 0.3 is 0 Å². The van der Waals surface area contributed by atoms with E-state index < -0.39 is 0 Å². The highest BCUT2D eigenvalue weighted by atomic mass is 16.4.